The van der Waals surface area contributed by atoms with Gasteiger partial charge >= 0.3 is 6.03 Å². The zero-order valence-corrected chi connectivity index (χ0v) is 14.9. The maximum Gasteiger partial charge on any atom is 0.321 e. The summed E-state index contributed by atoms with van der Waals surface area (Å²) in [5.74, 6) is 1.77. The summed E-state index contributed by atoms with van der Waals surface area (Å²) in [4.78, 5) is 18.4. The van der Waals surface area contributed by atoms with Crippen LogP contribution in [0, 0.1) is 6.92 Å². The summed E-state index contributed by atoms with van der Waals surface area (Å²) in [6, 6.07) is 7.20. The standard InChI is InChI=1S/C17H21N3O3S/c1-12-10-18-15(23-12)13-5-4-6-14(9-13)19-16(21)20-7-8-24(22)17(2,3)11-20/h4-6,9-10H,7-8,11H2,1-3H3,(H,19,21). The molecule has 0 aliphatic carbocycles. The number of hydrogen-bond acceptors (Lipinski definition) is 4. The number of urea groups is 1. The number of rotatable bonds is 2. The SMILES string of the molecule is Cc1cnc(-c2cccc(NC(=O)N3CCS(=O)C(C)(C)C3)c2)o1. The van der Waals surface area contributed by atoms with Gasteiger partial charge in [-0.3, -0.25) is 4.21 Å². The second-order valence-electron chi connectivity index (χ2n) is 6.52. The van der Waals surface area contributed by atoms with Crippen LogP contribution < -0.4 is 5.32 Å². The van der Waals surface area contributed by atoms with Crippen LogP contribution >= 0.6 is 0 Å². The van der Waals surface area contributed by atoms with E-state index in [1.165, 1.54) is 0 Å². The quantitative estimate of drug-likeness (QED) is 0.906. The highest BCUT2D eigenvalue weighted by Crippen LogP contribution is 2.24. The fraction of sp³-hybridized carbons (Fsp3) is 0.412. The summed E-state index contributed by atoms with van der Waals surface area (Å²) in [6.45, 7) is 6.66. The van der Waals surface area contributed by atoms with Crippen molar-refractivity contribution >= 4 is 22.5 Å². The molecular formula is C17H21N3O3S. The monoisotopic (exact) mass is 347 g/mol. The predicted octanol–water partition coefficient (Wildman–Crippen LogP) is 3.02. The van der Waals surface area contributed by atoms with Crippen molar-refractivity contribution in [3.8, 4) is 11.5 Å². The summed E-state index contributed by atoms with van der Waals surface area (Å²) in [5, 5.41) is 2.90. The molecule has 1 saturated heterocycles. The first-order valence-corrected chi connectivity index (χ1v) is 9.14. The molecule has 7 heteroatoms. The van der Waals surface area contributed by atoms with E-state index in [1.54, 1.807) is 11.1 Å². The Balaban J connectivity index is 1.72. The van der Waals surface area contributed by atoms with Crippen molar-refractivity contribution in [2.75, 3.05) is 24.2 Å². The number of nitrogens with one attached hydrogen (secondary N) is 1. The van der Waals surface area contributed by atoms with Gasteiger partial charge in [0.1, 0.15) is 5.76 Å². The third kappa shape index (κ3) is 3.51. The number of nitrogens with zero attached hydrogens (tertiary/aromatic N) is 2. The lowest BCUT2D eigenvalue weighted by molar-refractivity contribution is 0.207. The van der Waals surface area contributed by atoms with Crippen LogP contribution in [-0.4, -0.2) is 43.7 Å². The van der Waals surface area contributed by atoms with Crippen LogP contribution in [-0.2, 0) is 10.8 Å². The number of oxazole rings is 1. The van der Waals surface area contributed by atoms with E-state index in [0.717, 1.165) is 11.3 Å². The van der Waals surface area contributed by atoms with Gasteiger partial charge in [0, 0.05) is 40.9 Å². The minimum absolute atomic E-state index is 0.180. The van der Waals surface area contributed by atoms with Gasteiger partial charge in [0.05, 0.1) is 10.9 Å². The van der Waals surface area contributed by atoms with Crippen LogP contribution in [0.5, 0.6) is 0 Å². The minimum atomic E-state index is -0.903. The lowest BCUT2D eigenvalue weighted by atomic mass is 10.2. The molecule has 2 aromatic rings. The zero-order valence-electron chi connectivity index (χ0n) is 14.0. The Bertz CT molecular complexity index is 785. The van der Waals surface area contributed by atoms with E-state index in [9.17, 15) is 9.00 Å². The van der Waals surface area contributed by atoms with Crippen molar-refractivity contribution in [1.29, 1.82) is 0 Å². The molecule has 1 atom stereocenters. The Hall–Kier alpha value is -2.15. The molecule has 0 radical (unpaired) electrons. The van der Waals surface area contributed by atoms with Crippen molar-refractivity contribution in [1.82, 2.24) is 9.88 Å². The molecule has 0 bridgehead atoms. The average Bonchev–Trinajstić information content (AvgIpc) is 2.97. The summed E-state index contributed by atoms with van der Waals surface area (Å²) in [7, 11) is -0.903. The summed E-state index contributed by atoms with van der Waals surface area (Å²) in [6.07, 6.45) is 1.66. The smallest absolute Gasteiger partial charge is 0.321 e. The highest BCUT2D eigenvalue weighted by Gasteiger charge is 2.35. The maximum atomic E-state index is 12.5. The first kappa shape index (κ1) is 16.7. The van der Waals surface area contributed by atoms with E-state index in [-0.39, 0.29) is 10.8 Å². The van der Waals surface area contributed by atoms with Gasteiger partial charge in [0.25, 0.3) is 0 Å². The molecule has 3 rings (SSSR count). The molecule has 0 spiro atoms. The third-order valence-electron chi connectivity index (χ3n) is 4.00. The Kier molecular flexibility index (Phi) is 4.45. The minimum Gasteiger partial charge on any atom is -0.441 e. The fourth-order valence-electron chi connectivity index (χ4n) is 2.67. The normalized spacial score (nSPS) is 20.0. The van der Waals surface area contributed by atoms with Crippen LogP contribution in [0.4, 0.5) is 10.5 Å². The number of amides is 2. The zero-order chi connectivity index (χ0) is 17.3. The molecule has 24 heavy (non-hydrogen) atoms. The average molecular weight is 347 g/mol. The Morgan fingerprint density at radius 1 is 1.42 bits per heavy atom. The van der Waals surface area contributed by atoms with E-state index in [2.05, 4.69) is 10.3 Å². The Morgan fingerprint density at radius 2 is 2.21 bits per heavy atom. The lowest BCUT2D eigenvalue weighted by Crippen LogP contribution is -2.53. The van der Waals surface area contributed by atoms with Gasteiger partial charge in [-0.05, 0) is 39.0 Å². The van der Waals surface area contributed by atoms with Gasteiger partial charge in [-0.1, -0.05) is 6.07 Å². The van der Waals surface area contributed by atoms with Crippen molar-refractivity contribution in [2.24, 2.45) is 0 Å². The summed E-state index contributed by atoms with van der Waals surface area (Å²) in [5.41, 5.74) is 1.49. The van der Waals surface area contributed by atoms with Crippen LogP contribution in [0.3, 0.4) is 0 Å². The molecule has 1 fully saturated rings. The van der Waals surface area contributed by atoms with Gasteiger partial charge < -0.3 is 14.6 Å². The van der Waals surface area contributed by atoms with E-state index in [4.69, 9.17) is 4.42 Å². The van der Waals surface area contributed by atoms with Crippen LogP contribution in [0.1, 0.15) is 19.6 Å². The van der Waals surface area contributed by atoms with E-state index >= 15 is 0 Å². The summed E-state index contributed by atoms with van der Waals surface area (Å²) >= 11 is 0. The van der Waals surface area contributed by atoms with Gasteiger partial charge in [-0.25, -0.2) is 9.78 Å². The Morgan fingerprint density at radius 3 is 2.88 bits per heavy atom. The van der Waals surface area contributed by atoms with E-state index in [0.29, 0.717) is 30.4 Å². The van der Waals surface area contributed by atoms with Crippen LogP contribution in [0.15, 0.2) is 34.9 Å². The van der Waals surface area contributed by atoms with Crippen LogP contribution in [0.2, 0.25) is 0 Å². The molecule has 6 nitrogen and oxygen atoms in total. The van der Waals surface area contributed by atoms with Gasteiger partial charge in [-0.2, -0.15) is 0 Å². The number of carbonyl (C=O) groups is 1. The molecule has 2 heterocycles. The molecule has 128 valence electrons. The number of hydrogen-bond donors (Lipinski definition) is 1. The second kappa shape index (κ2) is 6.39. The van der Waals surface area contributed by atoms with Crippen LogP contribution in [0.25, 0.3) is 11.5 Å². The largest absolute Gasteiger partial charge is 0.441 e. The van der Waals surface area contributed by atoms with Gasteiger partial charge in [-0.15, -0.1) is 0 Å². The lowest BCUT2D eigenvalue weighted by Gasteiger charge is -2.37. The second-order valence-corrected chi connectivity index (χ2v) is 8.72. The fourth-order valence-corrected chi connectivity index (χ4v) is 3.91. The van der Waals surface area contributed by atoms with E-state index < -0.39 is 10.8 Å². The van der Waals surface area contributed by atoms with E-state index in [1.807, 2.05) is 45.0 Å². The Labute approximate surface area is 143 Å². The molecule has 0 saturated carbocycles. The number of carbonyl (C=O) groups excluding carboxylic acids is 1. The van der Waals surface area contributed by atoms with Gasteiger partial charge in [0.2, 0.25) is 5.89 Å². The van der Waals surface area contributed by atoms with Crippen molar-refractivity contribution in [3.05, 3.63) is 36.2 Å². The van der Waals surface area contributed by atoms with Crippen molar-refractivity contribution in [3.63, 3.8) is 0 Å². The third-order valence-corrected chi connectivity index (χ3v) is 5.92. The molecule has 1 unspecified atom stereocenters. The first-order chi connectivity index (χ1) is 11.3. The molecule has 1 N–H and O–H groups in total. The first-order valence-electron chi connectivity index (χ1n) is 7.82. The highest BCUT2D eigenvalue weighted by atomic mass is 32.2. The molecule has 1 aliphatic rings. The van der Waals surface area contributed by atoms with Gasteiger partial charge in [0.15, 0.2) is 0 Å². The molecule has 1 aliphatic heterocycles. The maximum absolute atomic E-state index is 12.5. The molecule has 1 aromatic heterocycles. The number of aryl methyl sites for hydroxylation is 1. The topological polar surface area (TPSA) is 75.4 Å². The number of anilines is 1. The van der Waals surface area contributed by atoms with Crippen molar-refractivity contribution < 1.29 is 13.4 Å². The predicted molar refractivity (Wildman–Crippen MR) is 94.4 cm³/mol. The number of aromatic nitrogens is 1. The molecule has 1 aromatic carbocycles. The van der Waals surface area contributed by atoms with Crippen molar-refractivity contribution in [2.45, 2.75) is 25.5 Å². The highest BCUT2D eigenvalue weighted by molar-refractivity contribution is 7.86. The molecular weight excluding hydrogens is 326 g/mol. The summed E-state index contributed by atoms with van der Waals surface area (Å²) < 4.78 is 17.1. The molecule has 2 amide bonds. The number of benzene rings is 1.